The van der Waals surface area contributed by atoms with Crippen LogP contribution in [0.4, 0.5) is 5.69 Å². The molecule has 2 rings (SSSR count). The van der Waals surface area contributed by atoms with Gasteiger partial charge in [-0.25, -0.2) is 0 Å². The van der Waals surface area contributed by atoms with Crippen molar-refractivity contribution in [1.82, 2.24) is 14.7 Å². The normalized spacial score (nSPS) is 17.6. The number of isothiocyanates is 1. The maximum atomic E-state index is 12.0. The Bertz CT molecular complexity index is 1110. The van der Waals surface area contributed by atoms with Gasteiger partial charge in [0.05, 0.1) is 43.6 Å². The average molecular weight is 595 g/mol. The highest BCUT2D eigenvalue weighted by Crippen LogP contribution is 2.28. The van der Waals surface area contributed by atoms with Gasteiger partial charge in [0.25, 0.3) is 0 Å². The lowest BCUT2D eigenvalue weighted by atomic mass is 9.87. The first-order chi connectivity index (χ1) is 19.4. The van der Waals surface area contributed by atoms with Gasteiger partial charge in [0.15, 0.2) is 0 Å². The molecule has 0 aliphatic heterocycles. The quantitative estimate of drug-likeness (QED) is 0.119. The number of carboxylic acids is 5. The second-order valence-electron chi connectivity index (χ2n) is 9.85. The van der Waals surface area contributed by atoms with Gasteiger partial charge in [-0.3, -0.25) is 38.7 Å². The van der Waals surface area contributed by atoms with Crippen LogP contribution in [-0.4, -0.2) is 133 Å². The van der Waals surface area contributed by atoms with Crippen molar-refractivity contribution in [2.75, 3.05) is 39.3 Å². The SMILES string of the molecule is O=C(O)CN(CC(=O)O)[C@@H](Cc1ccc(N=C=S)cc1)CN(CC(=O)O)[C@@H]1CCCC[C@H]1N(CC(=O)O)CC(=O)O. The lowest BCUT2D eigenvalue weighted by molar-refractivity contribution is -0.146. The summed E-state index contributed by atoms with van der Waals surface area (Å²) < 4.78 is 0. The lowest BCUT2D eigenvalue weighted by Gasteiger charge is -2.45. The summed E-state index contributed by atoms with van der Waals surface area (Å²) in [5.74, 6) is -6.18. The molecule has 0 aromatic heterocycles. The minimum Gasteiger partial charge on any atom is -0.480 e. The van der Waals surface area contributed by atoms with E-state index < -0.39 is 80.7 Å². The van der Waals surface area contributed by atoms with Gasteiger partial charge in [-0.2, -0.15) is 4.99 Å². The first-order valence-electron chi connectivity index (χ1n) is 12.9. The number of carboxylic acid groups (broad SMARTS) is 5. The van der Waals surface area contributed by atoms with Crippen molar-refractivity contribution in [3.05, 3.63) is 29.8 Å². The van der Waals surface area contributed by atoms with Gasteiger partial charge in [-0.15, -0.1) is 0 Å². The summed E-state index contributed by atoms with van der Waals surface area (Å²) in [5, 5.41) is 49.9. The molecular formula is C26H34N4O10S. The molecule has 0 amide bonds. The van der Waals surface area contributed by atoms with Gasteiger partial charge >= 0.3 is 29.8 Å². The van der Waals surface area contributed by atoms with Gasteiger partial charge in [0.2, 0.25) is 0 Å². The van der Waals surface area contributed by atoms with Crippen molar-refractivity contribution >= 4 is 52.9 Å². The van der Waals surface area contributed by atoms with Crippen LogP contribution in [0.1, 0.15) is 31.2 Å². The highest BCUT2D eigenvalue weighted by Gasteiger charge is 2.38. The summed E-state index contributed by atoms with van der Waals surface area (Å²) in [5.41, 5.74) is 1.23. The third-order valence-corrected chi connectivity index (χ3v) is 6.96. The van der Waals surface area contributed by atoms with Crippen molar-refractivity contribution in [3.8, 4) is 0 Å². The Morgan fingerprint density at radius 3 is 1.63 bits per heavy atom. The van der Waals surface area contributed by atoms with Crippen LogP contribution in [0.5, 0.6) is 0 Å². The molecule has 0 unspecified atom stereocenters. The second kappa shape index (κ2) is 16.5. The molecule has 0 saturated heterocycles. The number of aliphatic carboxylic acids is 5. The molecule has 15 heteroatoms. The minimum atomic E-state index is -1.27. The molecule has 1 aromatic rings. The van der Waals surface area contributed by atoms with Crippen LogP contribution in [0.2, 0.25) is 0 Å². The molecule has 14 nitrogen and oxygen atoms in total. The smallest absolute Gasteiger partial charge is 0.317 e. The van der Waals surface area contributed by atoms with Crippen molar-refractivity contribution in [3.63, 3.8) is 0 Å². The number of thiocarbonyl (C=S) groups is 1. The Morgan fingerprint density at radius 2 is 1.20 bits per heavy atom. The molecule has 0 heterocycles. The van der Waals surface area contributed by atoms with E-state index in [0.717, 1.165) is 0 Å². The van der Waals surface area contributed by atoms with Gasteiger partial charge < -0.3 is 25.5 Å². The van der Waals surface area contributed by atoms with E-state index >= 15 is 0 Å². The molecule has 5 N–H and O–H groups in total. The van der Waals surface area contributed by atoms with Crippen LogP contribution < -0.4 is 0 Å². The lowest BCUT2D eigenvalue weighted by Crippen LogP contribution is -2.59. The fraction of sp³-hybridized carbons (Fsp3) is 0.538. The van der Waals surface area contributed by atoms with E-state index in [1.54, 1.807) is 29.2 Å². The zero-order valence-corrected chi connectivity index (χ0v) is 23.1. The number of benzene rings is 1. The van der Waals surface area contributed by atoms with E-state index in [1.807, 2.05) is 0 Å². The molecule has 1 fully saturated rings. The number of aliphatic imine (C=N–C) groups is 1. The summed E-state index contributed by atoms with van der Waals surface area (Å²) in [6.07, 6.45) is 2.40. The molecule has 1 aliphatic carbocycles. The van der Waals surface area contributed by atoms with Gasteiger partial charge in [0.1, 0.15) is 0 Å². The summed E-state index contributed by atoms with van der Waals surface area (Å²) >= 11 is 4.61. The molecule has 41 heavy (non-hydrogen) atoms. The first kappa shape index (κ1) is 33.5. The summed E-state index contributed by atoms with van der Waals surface area (Å²) in [6, 6.07) is 4.79. The molecule has 3 atom stereocenters. The predicted octanol–water partition coefficient (Wildman–Crippen LogP) is 0.972. The van der Waals surface area contributed by atoms with E-state index in [4.69, 9.17) is 0 Å². The molecule has 1 aromatic carbocycles. The third kappa shape index (κ3) is 11.7. The van der Waals surface area contributed by atoms with Gasteiger partial charge in [-0.1, -0.05) is 25.0 Å². The summed E-state index contributed by atoms with van der Waals surface area (Å²) in [4.78, 5) is 66.5. The summed E-state index contributed by atoms with van der Waals surface area (Å²) in [7, 11) is 0. The molecule has 224 valence electrons. The Balaban J connectivity index is 2.51. The van der Waals surface area contributed by atoms with E-state index in [-0.39, 0.29) is 13.0 Å². The Labute approximate surface area is 241 Å². The predicted molar refractivity (Wildman–Crippen MR) is 148 cm³/mol. The fourth-order valence-corrected chi connectivity index (χ4v) is 5.45. The van der Waals surface area contributed by atoms with Crippen LogP contribution in [0.25, 0.3) is 0 Å². The highest BCUT2D eigenvalue weighted by atomic mass is 32.1. The second-order valence-corrected chi connectivity index (χ2v) is 10.0. The average Bonchev–Trinajstić information content (AvgIpc) is 2.87. The minimum absolute atomic E-state index is 0.0676. The zero-order chi connectivity index (χ0) is 30.5. The Hall–Kier alpha value is -3.75. The molecule has 0 spiro atoms. The van der Waals surface area contributed by atoms with Crippen LogP contribution in [0.15, 0.2) is 29.3 Å². The topological polar surface area (TPSA) is 209 Å². The molecule has 0 bridgehead atoms. The zero-order valence-electron chi connectivity index (χ0n) is 22.3. The van der Waals surface area contributed by atoms with Crippen molar-refractivity contribution in [1.29, 1.82) is 0 Å². The third-order valence-electron chi connectivity index (χ3n) is 6.87. The van der Waals surface area contributed by atoms with Crippen molar-refractivity contribution in [2.24, 2.45) is 4.99 Å². The number of rotatable bonds is 18. The maximum Gasteiger partial charge on any atom is 0.317 e. The van der Waals surface area contributed by atoms with Crippen LogP contribution in [0.3, 0.4) is 0 Å². The summed E-state index contributed by atoms with van der Waals surface area (Å²) in [6.45, 7) is -2.92. The monoisotopic (exact) mass is 594 g/mol. The van der Waals surface area contributed by atoms with Gasteiger partial charge in [0, 0.05) is 24.7 Å². The number of nitrogens with zero attached hydrogens (tertiary/aromatic N) is 4. The number of hydrogen-bond acceptors (Lipinski definition) is 10. The number of carbonyl (C=O) groups is 5. The standard InChI is InChI=1S/C26H34N4O10S/c31-22(32)11-28(12-23(33)34)19(9-17-5-7-18(8-6-17)27-16-41)10-29(13-24(35)36)20-3-1-2-4-21(20)30(14-25(37)38)15-26(39)40/h5-8,19-21H,1-4,9-15H2,(H,31,32)(H,33,34)(H,35,36)(H,37,38)(H,39,40)/t19-,20+,21+/m0/s1. The largest absolute Gasteiger partial charge is 0.480 e. The van der Waals surface area contributed by atoms with Crippen molar-refractivity contribution in [2.45, 2.75) is 50.2 Å². The molecule has 1 saturated carbocycles. The van der Waals surface area contributed by atoms with E-state index in [0.29, 0.717) is 36.9 Å². The first-order valence-corrected chi connectivity index (χ1v) is 13.3. The van der Waals surface area contributed by atoms with Crippen molar-refractivity contribution < 1.29 is 49.5 Å². The van der Waals surface area contributed by atoms with Crippen LogP contribution >= 0.6 is 12.2 Å². The molecule has 1 aliphatic rings. The molecular weight excluding hydrogens is 560 g/mol. The van der Waals surface area contributed by atoms with E-state index in [9.17, 15) is 49.5 Å². The van der Waals surface area contributed by atoms with E-state index in [2.05, 4.69) is 22.4 Å². The highest BCUT2D eigenvalue weighted by molar-refractivity contribution is 7.78. The van der Waals surface area contributed by atoms with Gasteiger partial charge in [-0.05, 0) is 49.2 Å². The number of hydrogen-bond donors (Lipinski definition) is 5. The Morgan fingerprint density at radius 1 is 0.756 bits per heavy atom. The Kier molecular flexibility index (Phi) is 13.5. The molecule has 0 radical (unpaired) electrons. The van der Waals surface area contributed by atoms with Crippen LogP contribution in [-0.2, 0) is 30.4 Å². The van der Waals surface area contributed by atoms with Crippen LogP contribution in [0, 0.1) is 0 Å². The maximum absolute atomic E-state index is 12.0. The fourth-order valence-electron chi connectivity index (χ4n) is 5.35. The van der Waals surface area contributed by atoms with E-state index in [1.165, 1.54) is 9.80 Å².